The van der Waals surface area contributed by atoms with E-state index in [9.17, 15) is 8.42 Å². The molecule has 0 aromatic heterocycles. The van der Waals surface area contributed by atoms with Gasteiger partial charge in [0.25, 0.3) is 0 Å². The fraction of sp³-hybridized carbons (Fsp3) is 0.538. The van der Waals surface area contributed by atoms with E-state index in [1.54, 1.807) is 24.3 Å². The maximum atomic E-state index is 12.1. The summed E-state index contributed by atoms with van der Waals surface area (Å²) in [7, 11) is -3.51. The van der Waals surface area contributed by atoms with E-state index in [-0.39, 0.29) is 17.5 Å². The molecule has 5 nitrogen and oxygen atoms in total. The van der Waals surface area contributed by atoms with Gasteiger partial charge in [0.05, 0.1) is 30.8 Å². The first kappa shape index (κ1) is 15.7. The maximum Gasteiger partial charge on any atom is 0.240 e. The summed E-state index contributed by atoms with van der Waals surface area (Å²) in [6.45, 7) is 1.69. The third-order valence-electron chi connectivity index (χ3n) is 3.00. The average Bonchev–Trinajstić information content (AvgIpc) is 2.47. The molecule has 2 rings (SSSR count). The Morgan fingerprint density at radius 1 is 1.25 bits per heavy atom. The normalized spacial score (nSPS) is 19.9. The van der Waals surface area contributed by atoms with Crippen molar-refractivity contribution in [3.05, 3.63) is 29.8 Å². The molecule has 1 atom stereocenters. The van der Waals surface area contributed by atoms with Crippen LogP contribution in [0.3, 0.4) is 0 Å². The Balaban J connectivity index is 1.94. The van der Waals surface area contributed by atoms with Gasteiger partial charge in [-0.2, -0.15) is 0 Å². The van der Waals surface area contributed by atoms with E-state index in [1.807, 2.05) is 0 Å². The van der Waals surface area contributed by atoms with Gasteiger partial charge in [0.1, 0.15) is 0 Å². The number of rotatable bonds is 6. The summed E-state index contributed by atoms with van der Waals surface area (Å²) in [5.74, 6) is 0.517. The molecule has 1 aliphatic heterocycles. The Kier molecular flexibility index (Phi) is 5.80. The minimum atomic E-state index is -3.51. The highest BCUT2D eigenvalue weighted by molar-refractivity contribution is 7.89. The Hall–Kier alpha value is -0.660. The van der Waals surface area contributed by atoms with Crippen LogP contribution in [0.4, 0.5) is 0 Å². The molecule has 0 radical (unpaired) electrons. The molecule has 1 heterocycles. The molecule has 1 fully saturated rings. The monoisotopic (exact) mass is 319 g/mol. The van der Waals surface area contributed by atoms with Crippen LogP contribution >= 0.6 is 11.6 Å². The first-order valence-electron chi connectivity index (χ1n) is 6.46. The van der Waals surface area contributed by atoms with Gasteiger partial charge in [-0.1, -0.05) is 12.1 Å². The number of aryl methyl sites for hydroxylation is 1. The molecule has 112 valence electrons. The van der Waals surface area contributed by atoms with Crippen molar-refractivity contribution in [3.8, 4) is 0 Å². The molecule has 20 heavy (non-hydrogen) atoms. The number of sulfonamides is 1. The van der Waals surface area contributed by atoms with E-state index in [0.717, 1.165) is 12.0 Å². The SMILES string of the molecule is O=S(=O)(NCC1COCCO1)c1ccc(CCCl)cc1. The topological polar surface area (TPSA) is 64.6 Å². The summed E-state index contributed by atoms with van der Waals surface area (Å²) in [4.78, 5) is 0.243. The molecule has 1 aliphatic rings. The maximum absolute atomic E-state index is 12.1. The van der Waals surface area contributed by atoms with Gasteiger partial charge in [-0.25, -0.2) is 13.1 Å². The molecule has 0 spiro atoms. The van der Waals surface area contributed by atoms with Crippen molar-refractivity contribution in [2.24, 2.45) is 0 Å². The van der Waals surface area contributed by atoms with Crippen molar-refractivity contribution in [3.63, 3.8) is 0 Å². The second kappa shape index (κ2) is 7.38. The van der Waals surface area contributed by atoms with E-state index < -0.39 is 10.0 Å². The lowest BCUT2D eigenvalue weighted by Crippen LogP contribution is -2.39. The van der Waals surface area contributed by atoms with Gasteiger partial charge >= 0.3 is 0 Å². The highest BCUT2D eigenvalue weighted by Crippen LogP contribution is 2.12. The summed E-state index contributed by atoms with van der Waals surface area (Å²) in [6, 6.07) is 6.72. The summed E-state index contributed by atoms with van der Waals surface area (Å²) in [5, 5.41) is 0. The fourth-order valence-electron chi connectivity index (χ4n) is 1.88. The van der Waals surface area contributed by atoms with Crippen molar-refractivity contribution in [2.45, 2.75) is 17.4 Å². The molecule has 0 bridgehead atoms. The summed E-state index contributed by atoms with van der Waals surface area (Å²) < 4.78 is 37.4. The molecule has 0 amide bonds. The van der Waals surface area contributed by atoms with Crippen molar-refractivity contribution in [1.29, 1.82) is 0 Å². The average molecular weight is 320 g/mol. The van der Waals surface area contributed by atoms with Crippen LogP contribution in [0.1, 0.15) is 5.56 Å². The lowest BCUT2D eigenvalue weighted by Gasteiger charge is -2.23. The smallest absolute Gasteiger partial charge is 0.240 e. The largest absolute Gasteiger partial charge is 0.376 e. The van der Waals surface area contributed by atoms with Crippen LogP contribution in [0, 0.1) is 0 Å². The van der Waals surface area contributed by atoms with Crippen LogP contribution in [0.25, 0.3) is 0 Å². The number of alkyl halides is 1. The second-order valence-electron chi connectivity index (χ2n) is 4.50. The van der Waals surface area contributed by atoms with Crippen molar-refractivity contribution >= 4 is 21.6 Å². The Bertz CT molecular complexity index is 512. The number of nitrogens with one attached hydrogen (secondary N) is 1. The molecular formula is C13H18ClNO4S. The lowest BCUT2D eigenvalue weighted by molar-refractivity contribution is -0.0846. The van der Waals surface area contributed by atoms with Crippen LogP contribution < -0.4 is 4.72 Å². The lowest BCUT2D eigenvalue weighted by atomic mass is 10.2. The van der Waals surface area contributed by atoms with Gasteiger partial charge in [-0.3, -0.25) is 0 Å². The summed E-state index contributed by atoms with van der Waals surface area (Å²) in [5.41, 5.74) is 1.02. The Morgan fingerprint density at radius 2 is 2.00 bits per heavy atom. The van der Waals surface area contributed by atoms with Gasteiger partial charge < -0.3 is 9.47 Å². The molecule has 1 N–H and O–H groups in total. The third kappa shape index (κ3) is 4.43. The zero-order valence-corrected chi connectivity index (χ0v) is 12.6. The van der Waals surface area contributed by atoms with Gasteiger partial charge in [-0.15, -0.1) is 11.6 Å². The molecule has 7 heteroatoms. The minimum absolute atomic E-state index is 0.214. The molecule has 1 saturated heterocycles. The van der Waals surface area contributed by atoms with E-state index in [0.29, 0.717) is 25.7 Å². The number of benzene rings is 1. The molecule has 0 saturated carbocycles. The quantitative estimate of drug-likeness (QED) is 0.799. The van der Waals surface area contributed by atoms with Crippen molar-refractivity contribution in [1.82, 2.24) is 4.72 Å². The molecule has 1 unspecified atom stereocenters. The summed E-state index contributed by atoms with van der Waals surface area (Å²) in [6.07, 6.45) is 0.497. The van der Waals surface area contributed by atoms with Gasteiger partial charge in [0.2, 0.25) is 10.0 Å². The molecular weight excluding hydrogens is 302 g/mol. The van der Waals surface area contributed by atoms with E-state index in [4.69, 9.17) is 21.1 Å². The molecule has 0 aliphatic carbocycles. The van der Waals surface area contributed by atoms with Gasteiger partial charge in [0, 0.05) is 12.4 Å². The van der Waals surface area contributed by atoms with E-state index in [2.05, 4.69) is 4.72 Å². The van der Waals surface area contributed by atoms with Crippen LogP contribution in [-0.4, -0.2) is 46.8 Å². The highest BCUT2D eigenvalue weighted by Gasteiger charge is 2.19. The molecule has 1 aromatic rings. The zero-order chi connectivity index (χ0) is 14.4. The number of ether oxygens (including phenoxy) is 2. The predicted molar refractivity (Wildman–Crippen MR) is 76.6 cm³/mol. The number of hydrogen-bond acceptors (Lipinski definition) is 4. The van der Waals surface area contributed by atoms with Crippen LogP contribution in [-0.2, 0) is 25.9 Å². The number of hydrogen-bond donors (Lipinski definition) is 1. The van der Waals surface area contributed by atoms with E-state index in [1.165, 1.54) is 0 Å². The first-order chi connectivity index (χ1) is 9.62. The highest BCUT2D eigenvalue weighted by atomic mass is 35.5. The Labute approximate surface area is 124 Å². The minimum Gasteiger partial charge on any atom is -0.376 e. The van der Waals surface area contributed by atoms with Gasteiger partial charge in [0.15, 0.2) is 0 Å². The first-order valence-corrected chi connectivity index (χ1v) is 8.47. The van der Waals surface area contributed by atoms with Crippen LogP contribution in [0.5, 0.6) is 0 Å². The fourth-order valence-corrected chi connectivity index (χ4v) is 3.17. The zero-order valence-electron chi connectivity index (χ0n) is 11.0. The summed E-state index contributed by atoms with van der Waals surface area (Å²) >= 11 is 5.65. The second-order valence-corrected chi connectivity index (χ2v) is 6.65. The van der Waals surface area contributed by atoms with Crippen LogP contribution in [0.2, 0.25) is 0 Å². The number of halogens is 1. The van der Waals surface area contributed by atoms with Crippen molar-refractivity contribution in [2.75, 3.05) is 32.2 Å². The van der Waals surface area contributed by atoms with Gasteiger partial charge in [-0.05, 0) is 24.1 Å². The third-order valence-corrected chi connectivity index (χ3v) is 4.63. The van der Waals surface area contributed by atoms with E-state index >= 15 is 0 Å². The standard InChI is InChI=1S/C13H18ClNO4S/c14-6-5-11-1-3-13(4-2-11)20(16,17)15-9-12-10-18-7-8-19-12/h1-4,12,15H,5-10H2. The molecule has 1 aromatic carbocycles. The van der Waals surface area contributed by atoms with Crippen LogP contribution in [0.15, 0.2) is 29.2 Å². The van der Waals surface area contributed by atoms with Crippen molar-refractivity contribution < 1.29 is 17.9 Å². The predicted octanol–water partition coefficient (Wildman–Crippen LogP) is 1.16. The Morgan fingerprint density at radius 3 is 2.60 bits per heavy atom.